The third kappa shape index (κ3) is 3.71. The zero-order valence-electron chi connectivity index (χ0n) is 23.5. The smallest absolute Gasteiger partial charge is 0.187 e. The minimum absolute atomic E-state index is 0.0255. The van der Waals surface area contributed by atoms with Gasteiger partial charge in [-0.1, -0.05) is 52.3 Å². The molecule has 37 heavy (non-hydrogen) atoms. The number of hydrogen-bond donors (Lipinski definition) is 4. The molecule has 206 valence electrons. The molecule has 7 nitrogen and oxygen atoms in total. The maximum absolute atomic E-state index is 14.2. The molecule has 0 spiro atoms. The van der Waals surface area contributed by atoms with Gasteiger partial charge in [0.1, 0.15) is 17.5 Å². The molecule has 0 bridgehead atoms. The number of carbonyl (C=O) groups excluding carboxylic acids is 3. The van der Waals surface area contributed by atoms with Crippen LogP contribution in [0.1, 0.15) is 81.1 Å². The van der Waals surface area contributed by atoms with Gasteiger partial charge in [-0.15, -0.1) is 0 Å². The lowest BCUT2D eigenvalue weighted by molar-refractivity contribution is -0.183. The number of aliphatic hydroxyl groups is 4. The van der Waals surface area contributed by atoms with Gasteiger partial charge in [-0.05, 0) is 62.4 Å². The highest BCUT2D eigenvalue weighted by Crippen LogP contribution is 2.74. The van der Waals surface area contributed by atoms with Crippen LogP contribution in [0.2, 0.25) is 0 Å². The molecule has 3 fully saturated rings. The molecule has 0 aromatic carbocycles. The van der Waals surface area contributed by atoms with Gasteiger partial charge in [-0.3, -0.25) is 14.4 Å². The van der Waals surface area contributed by atoms with E-state index in [4.69, 9.17) is 0 Å². The van der Waals surface area contributed by atoms with Crippen LogP contribution in [0, 0.1) is 39.4 Å². The molecule has 0 saturated heterocycles. The summed E-state index contributed by atoms with van der Waals surface area (Å²) in [7, 11) is 0. The summed E-state index contributed by atoms with van der Waals surface area (Å²) in [6, 6.07) is 0. The van der Waals surface area contributed by atoms with E-state index < -0.39 is 56.8 Å². The largest absolute Gasteiger partial charge is 0.393 e. The van der Waals surface area contributed by atoms with Crippen molar-refractivity contribution in [3.8, 4) is 0 Å². The Hall–Kier alpha value is -1.67. The fraction of sp³-hybridized carbons (Fsp3) is 0.767. The Labute approximate surface area is 220 Å². The van der Waals surface area contributed by atoms with E-state index in [9.17, 15) is 34.8 Å². The summed E-state index contributed by atoms with van der Waals surface area (Å²) < 4.78 is 0. The number of aliphatic hydroxyl groups excluding tert-OH is 2. The van der Waals surface area contributed by atoms with Crippen LogP contribution in [0.15, 0.2) is 23.8 Å². The summed E-state index contributed by atoms with van der Waals surface area (Å²) in [6.07, 6.45) is 3.49. The zero-order valence-corrected chi connectivity index (χ0v) is 23.5. The van der Waals surface area contributed by atoms with Crippen molar-refractivity contribution in [2.24, 2.45) is 39.4 Å². The molecule has 1 unspecified atom stereocenters. The van der Waals surface area contributed by atoms with E-state index in [0.717, 1.165) is 11.6 Å². The topological polar surface area (TPSA) is 132 Å². The van der Waals surface area contributed by atoms with Crippen LogP contribution in [-0.4, -0.2) is 61.2 Å². The number of ketones is 3. The van der Waals surface area contributed by atoms with Gasteiger partial charge in [-0.2, -0.15) is 0 Å². The highest BCUT2D eigenvalue weighted by molar-refractivity contribution is 5.97. The zero-order chi connectivity index (χ0) is 28.1. The first-order valence-electron chi connectivity index (χ1n) is 13.5. The van der Waals surface area contributed by atoms with Gasteiger partial charge in [0.25, 0.3) is 0 Å². The number of Topliss-reactive ketones (excluding diaryl/α,β-unsaturated/α-hetero) is 2. The van der Waals surface area contributed by atoms with Crippen molar-refractivity contribution in [3.05, 3.63) is 23.8 Å². The number of allylic oxidation sites excluding steroid dienone is 1. The second-order valence-electron chi connectivity index (χ2n) is 14.3. The second kappa shape index (κ2) is 8.17. The van der Waals surface area contributed by atoms with Gasteiger partial charge in [-0.25, -0.2) is 0 Å². The maximum Gasteiger partial charge on any atom is 0.187 e. The van der Waals surface area contributed by atoms with E-state index in [-0.39, 0.29) is 36.2 Å². The third-order valence-corrected chi connectivity index (χ3v) is 11.2. The predicted octanol–water partition coefficient (Wildman–Crippen LogP) is 2.93. The normalized spacial score (nSPS) is 45.1. The van der Waals surface area contributed by atoms with E-state index in [1.54, 1.807) is 0 Å². The van der Waals surface area contributed by atoms with Crippen molar-refractivity contribution >= 4 is 17.3 Å². The number of rotatable bonds is 4. The average molecular weight is 517 g/mol. The van der Waals surface area contributed by atoms with Crippen molar-refractivity contribution in [1.82, 2.24) is 0 Å². The number of fused-ring (bicyclic) bond motifs is 5. The monoisotopic (exact) mass is 516 g/mol. The van der Waals surface area contributed by atoms with E-state index in [1.165, 1.54) is 26.8 Å². The van der Waals surface area contributed by atoms with Crippen molar-refractivity contribution in [2.45, 2.75) is 104 Å². The number of carbonyl (C=O) groups is 3. The lowest BCUT2D eigenvalue weighted by atomic mass is 9.38. The molecule has 4 aliphatic rings. The first-order chi connectivity index (χ1) is 16.7. The van der Waals surface area contributed by atoms with Crippen LogP contribution < -0.4 is 0 Å². The average Bonchev–Trinajstić information content (AvgIpc) is 2.96. The molecule has 0 radical (unpaired) electrons. The summed E-state index contributed by atoms with van der Waals surface area (Å²) in [4.78, 5) is 40.3. The van der Waals surface area contributed by atoms with Crippen LogP contribution in [0.4, 0.5) is 0 Å². The molecule has 0 heterocycles. The fourth-order valence-corrected chi connectivity index (χ4v) is 8.95. The van der Waals surface area contributed by atoms with Crippen LogP contribution in [0.25, 0.3) is 0 Å². The standard InChI is InChI=1S/C30H44O7/c1-25(2,36)12-11-21(33)30(8,37)23-19(32)14-27(5)20-10-9-16-17(13-18(31)24(35)26(16,3)4)29(20,7)22(34)15-28(23,27)6/h9,11-12,17,19-20,23-24,32,35-37H,10,13-15H2,1-8H3/b12-11+/t17-,19-,20+,23+,24?,27+,28-,29+,30+/m1/s1. The van der Waals surface area contributed by atoms with Gasteiger partial charge < -0.3 is 20.4 Å². The van der Waals surface area contributed by atoms with Crippen LogP contribution >= 0.6 is 0 Å². The van der Waals surface area contributed by atoms with Crippen molar-refractivity contribution in [1.29, 1.82) is 0 Å². The Kier molecular flexibility index (Phi) is 6.26. The molecule has 4 rings (SSSR count). The lowest BCUT2D eigenvalue weighted by Gasteiger charge is -2.64. The molecule has 4 N–H and O–H groups in total. The van der Waals surface area contributed by atoms with E-state index in [2.05, 4.69) is 13.0 Å². The van der Waals surface area contributed by atoms with Gasteiger partial charge in [0, 0.05) is 29.6 Å². The summed E-state index contributed by atoms with van der Waals surface area (Å²) in [5.41, 5.74) is -5.36. The molecular formula is C30H44O7. The predicted molar refractivity (Wildman–Crippen MR) is 138 cm³/mol. The Bertz CT molecular complexity index is 1090. The van der Waals surface area contributed by atoms with Gasteiger partial charge >= 0.3 is 0 Å². The highest BCUT2D eigenvalue weighted by Gasteiger charge is 2.74. The summed E-state index contributed by atoms with van der Waals surface area (Å²) in [5.74, 6) is -2.34. The van der Waals surface area contributed by atoms with E-state index in [0.29, 0.717) is 12.8 Å². The third-order valence-electron chi connectivity index (χ3n) is 11.2. The Morgan fingerprint density at radius 2 is 1.62 bits per heavy atom. The maximum atomic E-state index is 14.2. The van der Waals surface area contributed by atoms with Gasteiger partial charge in [0.2, 0.25) is 0 Å². The molecule has 0 aromatic rings. The Morgan fingerprint density at radius 3 is 2.19 bits per heavy atom. The molecule has 0 aliphatic heterocycles. The first kappa shape index (κ1) is 28.3. The van der Waals surface area contributed by atoms with Crippen LogP contribution in [0.5, 0.6) is 0 Å². The second-order valence-corrected chi connectivity index (χ2v) is 14.3. The quantitative estimate of drug-likeness (QED) is 0.334. The highest BCUT2D eigenvalue weighted by atomic mass is 16.3. The van der Waals surface area contributed by atoms with Crippen LogP contribution in [-0.2, 0) is 14.4 Å². The van der Waals surface area contributed by atoms with Gasteiger partial charge in [0.05, 0.1) is 11.7 Å². The van der Waals surface area contributed by atoms with Crippen molar-refractivity contribution in [3.63, 3.8) is 0 Å². The van der Waals surface area contributed by atoms with Gasteiger partial charge in [0.15, 0.2) is 11.6 Å². The number of hydrogen-bond acceptors (Lipinski definition) is 7. The van der Waals surface area contributed by atoms with Crippen molar-refractivity contribution < 1.29 is 34.8 Å². The molecule has 4 aliphatic carbocycles. The van der Waals surface area contributed by atoms with E-state index in [1.807, 2.05) is 27.7 Å². The minimum atomic E-state index is -1.95. The molecule has 3 saturated carbocycles. The first-order valence-corrected chi connectivity index (χ1v) is 13.5. The molecule has 7 heteroatoms. The Balaban J connectivity index is 1.80. The Morgan fingerprint density at radius 1 is 1.03 bits per heavy atom. The lowest BCUT2D eigenvalue weighted by Crippen LogP contribution is -2.65. The summed E-state index contributed by atoms with van der Waals surface area (Å²) in [5, 5.41) is 43.7. The molecule has 0 amide bonds. The SMILES string of the molecule is CC(C)(O)/C=C/C(=O)[C@](C)(O)[C@H]1[C@H](O)C[C@@]2(C)[C@@H]3CC=C4[C@@H](CC(=O)C(O)C4(C)C)[C@]3(C)C(=O)C[C@]12C. The summed E-state index contributed by atoms with van der Waals surface area (Å²) in [6.45, 7) is 14.1. The minimum Gasteiger partial charge on any atom is -0.393 e. The van der Waals surface area contributed by atoms with E-state index >= 15 is 0 Å². The molecule has 9 atom stereocenters. The molecular weight excluding hydrogens is 472 g/mol. The summed E-state index contributed by atoms with van der Waals surface area (Å²) >= 11 is 0. The molecule has 0 aromatic heterocycles. The fourth-order valence-electron chi connectivity index (χ4n) is 8.95. The van der Waals surface area contributed by atoms with Crippen molar-refractivity contribution in [2.75, 3.05) is 0 Å². The van der Waals surface area contributed by atoms with Crippen LogP contribution in [0.3, 0.4) is 0 Å².